The fourth-order valence-corrected chi connectivity index (χ4v) is 2.60. The van der Waals surface area contributed by atoms with E-state index >= 15 is 0 Å². The number of hydrogen-bond donors (Lipinski definition) is 1. The van der Waals surface area contributed by atoms with Gasteiger partial charge in [-0.2, -0.15) is 0 Å². The van der Waals surface area contributed by atoms with Gasteiger partial charge in [-0.25, -0.2) is 0 Å². The highest BCUT2D eigenvalue weighted by molar-refractivity contribution is 6.05. The Hall–Kier alpha value is -1.68. The van der Waals surface area contributed by atoms with Gasteiger partial charge in [0.25, 0.3) is 0 Å². The summed E-state index contributed by atoms with van der Waals surface area (Å²) in [4.78, 5) is 24.9. The van der Waals surface area contributed by atoms with Gasteiger partial charge in [-0.15, -0.1) is 0 Å². The van der Waals surface area contributed by atoms with Crippen LogP contribution in [-0.2, 0) is 9.59 Å². The Labute approximate surface area is 120 Å². The van der Waals surface area contributed by atoms with Gasteiger partial charge in [0.2, 0.25) is 11.8 Å². The monoisotopic (exact) mass is 274 g/mol. The van der Waals surface area contributed by atoms with Gasteiger partial charge in [0, 0.05) is 6.54 Å². The number of nitrogens with zero attached hydrogens (tertiary/aromatic N) is 1. The lowest BCUT2D eigenvalue weighted by Crippen LogP contribution is -2.39. The molecular formula is C16H22N2O2. The highest BCUT2D eigenvalue weighted by Gasteiger charge is 2.36. The number of imide groups is 1. The van der Waals surface area contributed by atoms with Crippen molar-refractivity contribution in [3.05, 3.63) is 35.9 Å². The number of likely N-dealkylation sites (tertiary alicyclic amines) is 1. The Kier molecular flexibility index (Phi) is 4.90. The molecule has 0 aromatic heterocycles. The average Bonchev–Trinajstić information content (AvgIpc) is 2.74. The van der Waals surface area contributed by atoms with E-state index in [1.807, 2.05) is 25.1 Å². The predicted octanol–water partition coefficient (Wildman–Crippen LogP) is 1.92. The molecule has 0 aliphatic carbocycles. The van der Waals surface area contributed by atoms with Crippen molar-refractivity contribution in [1.29, 1.82) is 0 Å². The molecule has 1 saturated heterocycles. The van der Waals surface area contributed by atoms with Gasteiger partial charge < -0.3 is 5.32 Å². The molecule has 2 rings (SSSR count). The summed E-state index contributed by atoms with van der Waals surface area (Å²) in [6, 6.07) is 10.00. The van der Waals surface area contributed by atoms with E-state index in [0.29, 0.717) is 18.9 Å². The lowest BCUT2D eigenvalue weighted by Gasteiger charge is -2.15. The zero-order valence-corrected chi connectivity index (χ0v) is 12.1. The third kappa shape index (κ3) is 3.25. The van der Waals surface area contributed by atoms with E-state index in [1.165, 1.54) is 10.5 Å². The van der Waals surface area contributed by atoms with Crippen LogP contribution in [0.1, 0.15) is 38.2 Å². The molecule has 1 aliphatic heterocycles. The van der Waals surface area contributed by atoms with Crippen molar-refractivity contribution in [3.8, 4) is 0 Å². The molecule has 20 heavy (non-hydrogen) atoms. The van der Waals surface area contributed by atoms with E-state index in [0.717, 1.165) is 13.0 Å². The molecule has 1 N–H and O–H groups in total. The summed E-state index contributed by atoms with van der Waals surface area (Å²) in [6.07, 6.45) is 1.25. The quantitative estimate of drug-likeness (QED) is 0.806. The zero-order valence-electron chi connectivity index (χ0n) is 12.1. The van der Waals surface area contributed by atoms with Gasteiger partial charge in [-0.05, 0) is 31.4 Å². The molecule has 0 saturated carbocycles. The second-order valence-corrected chi connectivity index (χ2v) is 5.29. The zero-order chi connectivity index (χ0) is 14.5. The highest BCUT2D eigenvalue weighted by Crippen LogP contribution is 2.18. The second-order valence-electron chi connectivity index (χ2n) is 5.29. The fourth-order valence-electron chi connectivity index (χ4n) is 2.60. The molecule has 4 nitrogen and oxygen atoms in total. The van der Waals surface area contributed by atoms with Crippen molar-refractivity contribution in [2.24, 2.45) is 0 Å². The maximum Gasteiger partial charge on any atom is 0.246 e. The van der Waals surface area contributed by atoms with Crippen molar-refractivity contribution in [2.75, 3.05) is 13.1 Å². The minimum Gasteiger partial charge on any atom is -0.305 e. The summed E-state index contributed by atoms with van der Waals surface area (Å²) in [7, 11) is 0. The molecule has 2 amide bonds. The van der Waals surface area contributed by atoms with Crippen LogP contribution in [0.3, 0.4) is 0 Å². The molecule has 1 aromatic carbocycles. The van der Waals surface area contributed by atoms with E-state index in [2.05, 4.69) is 24.4 Å². The number of carbonyl (C=O) groups is 2. The first kappa shape index (κ1) is 14.7. The number of benzene rings is 1. The van der Waals surface area contributed by atoms with Crippen LogP contribution in [-0.4, -0.2) is 35.8 Å². The van der Waals surface area contributed by atoms with Crippen molar-refractivity contribution in [3.63, 3.8) is 0 Å². The van der Waals surface area contributed by atoms with E-state index < -0.39 is 0 Å². The predicted molar refractivity (Wildman–Crippen MR) is 78.3 cm³/mol. The van der Waals surface area contributed by atoms with Crippen LogP contribution < -0.4 is 5.32 Å². The first-order valence-corrected chi connectivity index (χ1v) is 7.26. The van der Waals surface area contributed by atoms with Crippen molar-refractivity contribution in [2.45, 2.75) is 38.6 Å². The summed E-state index contributed by atoms with van der Waals surface area (Å²) >= 11 is 0. The molecule has 108 valence electrons. The third-order valence-electron chi connectivity index (χ3n) is 3.90. The molecule has 1 fully saturated rings. The van der Waals surface area contributed by atoms with Crippen LogP contribution >= 0.6 is 0 Å². The molecule has 0 bridgehead atoms. The van der Waals surface area contributed by atoms with E-state index in [1.54, 1.807) is 0 Å². The molecule has 2 unspecified atom stereocenters. The first-order valence-electron chi connectivity index (χ1n) is 7.26. The summed E-state index contributed by atoms with van der Waals surface area (Å²) in [5.74, 6) is 0.300. The Morgan fingerprint density at radius 2 is 2.00 bits per heavy atom. The highest BCUT2D eigenvalue weighted by atomic mass is 16.2. The minimum atomic E-state index is -0.328. The van der Waals surface area contributed by atoms with E-state index in [-0.39, 0.29) is 17.9 Å². The van der Waals surface area contributed by atoms with Gasteiger partial charge >= 0.3 is 0 Å². The van der Waals surface area contributed by atoms with Crippen LogP contribution in [0.4, 0.5) is 0 Å². The Morgan fingerprint density at radius 3 is 2.60 bits per heavy atom. The summed E-state index contributed by atoms with van der Waals surface area (Å²) < 4.78 is 0. The number of hydrogen-bond acceptors (Lipinski definition) is 3. The van der Waals surface area contributed by atoms with Crippen molar-refractivity contribution >= 4 is 11.8 Å². The summed E-state index contributed by atoms with van der Waals surface area (Å²) in [6.45, 7) is 5.22. The Bertz CT molecular complexity index is 473. The number of rotatable bonds is 6. The standard InChI is InChI=1S/C16H22N2O2/c1-3-18-15(19)11-14(16(18)20)17-10-9-12(2)13-7-5-4-6-8-13/h4-8,12,14,17H,3,9-11H2,1-2H3. The number of amides is 2. The van der Waals surface area contributed by atoms with Crippen molar-refractivity contribution < 1.29 is 9.59 Å². The maximum atomic E-state index is 11.9. The third-order valence-corrected chi connectivity index (χ3v) is 3.90. The lowest BCUT2D eigenvalue weighted by atomic mass is 9.98. The maximum absolute atomic E-state index is 11.9. The van der Waals surface area contributed by atoms with E-state index in [9.17, 15) is 9.59 Å². The average molecular weight is 274 g/mol. The van der Waals surface area contributed by atoms with Crippen LogP contribution in [0.5, 0.6) is 0 Å². The van der Waals surface area contributed by atoms with Gasteiger partial charge in [0.1, 0.15) is 0 Å². The molecule has 0 spiro atoms. The van der Waals surface area contributed by atoms with Crippen molar-refractivity contribution in [1.82, 2.24) is 10.2 Å². The second kappa shape index (κ2) is 6.66. The van der Waals surface area contributed by atoms with Gasteiger partial charge in [0.05, 0.1) is 12.5 Å². The molecule has 4 heteroatoms. The van der Waals surface area contributed by atoms with E-state index in [4.69, 9.17) is 0 Å². The van der Waals surface area contributed by atoms with Crippen LogP contribution in [0, 0.1) is 0 Å². The Balaban J connectivity index is 1.79. The normalized spacial score (nSPS) is 20.5. The lowest BCUT2D eigenvalue weighted by molar-refractivity contribution is -0.138. The SMILES string of the molecule is CCN1C(=O)CC(NCCC(C)c2ccccc2)C1=O. The van der Waals surface area contributed by atoms with Gasteiger partial charge in [-0.3, -0.25) is 14.5 Å². The number of nitrogens with one attached hydrogen (secondary N) is 1. The minimum absolute atomic E-state index is 0.0638. The molecule has 0 radical (unpaired) electrons. The Morgan fingerprint density at radius 1 is 1.30 bits per heavy atom. The largest absolute Gasteiger partial charge is 0.305 e. The number of carbonyl (C=O) groups excluding carboxylic acids is 2. The molecule has 1 heterocycles. The number of likely N-dealkylation sites (N-methyl/N-ethyl adjacent to an activating group) is 1. The molecule has 1 aromatic rings. The smallest absolute Gasteiger partial charge is 0.246 e. The van der Waals surface area contributed by atoms with Gasteiger partial charge in [-0.1, -0.05) is 37.3 Å². The summed E-state index contributed by atoms with van der Waals surface area (Å²) in [5.41, 5.74) is 1.30. The van der Waals surface area contributed by atoms with Crippen LogP contribution in [0.2, 0.25) is 0 Å². The topological polar surface area (TPSA) is 49.4 Å². The molecular weight excluding hydrogens is 252 g/mol. The molecule has 2 atom stereocenters. The summed E-state index contributed by atoms with van der Waals surface area (Å²) in [5, 5.41) is 3.21. The first-order chi connectivity index (χ1) is 9.63. The van der Waals surface area contributed by atoms with Crippen LogP contribution in [0.15, 0.2) is 30.3 Å². The van der Waals surface area contributed by atoms with Gasteiger partial charge in [0.15, 0.2) is 0 Å². The fraction of sp³-hybridized carbons (Fsp3) is 0.500. The molecule has 1 aliphatic rings. The van der Waals surface area contributed by atoms with Crippen LogP contribution in [0.25, 0.3) is 0 Å².